The molecular weight excluding hydrogens is 595 g/mol. The first-order valence-electron chi connectivity index (χ1n) is 10.8. The molecule has 1 aliphatic heterocycles. The van der Waals surface area contributed by atoms with Crippen LogP contribution in [0, 0.1) is 20.6 Å². The number of methoxy groups -OCH3 is 1. The van der Waals surface area contributed by atoms with Gasteiger partial charge in [-0.15, -0.1) is 0 Å². The number of aryl methyl sites for hydroxylation is 1. The molecule has 0 bridgehead atoms. The van der Waals surface area contributed by atoms with Gasteiger partial charge in [0, 0.05) is 11.6 Å². The molecule has 0 aromatic heterocycles. The Morgan fingerprint density at radius 2 is 1.83 bits per heavy atom. The molecule has 0 atom stereocenters. The molecule has 1 fully saturated rings. The van der Waals surface area contributed by atoms with Crippen molar-refractivity contribution in [3.8, 4) is 11.5 Å². The Balaban J connectivity index is 1.54. The summed E-state index contributed by atoms with van der Waals surface area (Å²) in [6.07, 6.45) is 1.61. The molecule has 0 saturated carbocycles. The van der Waals surface area contributed by atoms with Crippen molar-refractivity contribution in [1.82, 2.24) is 4.90 Å². The number of hydrogen-bond acceptors (Lipinski definition) is 7. The van der Waals surface area contributed by atoms with Crippen LogP contribution in [0.15, 0.2) is 65.6 Å². The number of para-hydroxylation sites is 1. The molecule has 8 nitrogen and oxygen atoms in total. The predicted octanol–water partition coefficient (Wildman–Crippen LogP) is 6.33. The third kappa shape index (κ3) is 5.71. The van der Waals surface area contributed by atoms with E-state index in [1.54, 1.807) is 24.3 Å². The van der Waals surface area contributed by atoms with Crippen LogP contribution in [0.25, 0.3) is 6.08 Å². The van der Waals surface area contributed by atoms with Crippen molar-refractivity contribution in [3.05, 3.63) is 102 Å². The minimum Gasteiger partial charge on any atom is -0.493 e. The van der Waals surface area contributed by atoms with Gasteiger partial charge in [-0.25, -0.2) is 0 Å². The monoisotopic (exact) mass is 616 g/mol. The van der Waals surface area contributed by atoms with Gasteiger partial charge in [-0.3, -0.25) is 24.6 Å². The van der Waals surface area contributed by atoms with Crippen LogP contribution in [-0.4, -0.2) is 28.1 Å². The largest absolute Gasteiger partial charge is 0.493 e. The number of hydrogen-bond donors (Lipinski definition) is 0. The zero-order valence-corrected chi connectivity index (χ0v) is 22.4. The van der Waals surface area contributed by atoms with Gasteiger partial charge in [0.25, 0.3) is 16.8 Å². The Morgan fingerprint density at radius 1 is 1.11 bits per heavy atom. The lowest BCUT2D eigenvalue weighted by Gasteiger charge is -2.14. The van der Waals surface area contributed by atoms with E-state index in [0.717, 1.165) is 25.8 Å². The molecular formula is C26H21IN2O6S. The lowest BCUT2D eigenvalue weighted by Crippen LogP contribution is -2.27. The maximum absolute atomic E-state index is 13.0. The Bertz CT molecular complexity index is 1370. The van der Waals surface area contributed by atoms with Crippen molar-refractivity contribution in [2.75, 3.05) is 7.11 Å². The van der Waals surface area contributed by atoms with Crippen molar-refractivity contribution in [2.24, 2.45) is 0 Å². The van der Waals surface area contributed by atoms with Crippen LogP contribution in [-0.2, 0) is 17.9 Å². The highest BCUT2D eigenvalue weighted by Crippen LogP contribution is 2.38. The molecule has 2 amide bonds. The van der Waals surface area contributed by atoms with E-state index in [-0.39, 0.29) is 22.7 Å². The first kappa shape index (κ1) is 25.7. The molecule has 0 aliphatic carbocycles. The lowest BCUT2D eigenvalue weighted by molar-refractivity contribution is -0.385. The van der Waals surface area contributed by atoms with E-state index in [9.17, 15) is 19.7 Å². The minimum atomic E-state index is -0.527. The molecule has 0 unspecified atom stereocenters. The number of halogens is 1. The number of nitrogens with zero attached hydrogens (tertiary/aromatic N) is 2. The van der Waals surface area contributed by atoms with Gasteiger partial charge in [0.1, 0.15) is 6.61 Å². The van der Waals surface area contributed by atoms with Gasteiger partial charge in [-0.2, -0.15) is 0 Å². The maximum Gasteiger partial charge on any atom is 0.293 e. The summed E-state index contributed by atoms with van der Waals surface area (Å²) < 4.78 is 12.3. The molecule has 0 radical (unpaired) electrons. The first-order valence-corrected chi connectivity index (χ1v) is 12.7. The Hall–Kier alpha value is -3.38. The third-order valence-electron chi connectivity index (χ3n) is 5.44. The second-order valence-corrected chi connectivity index (χ2v) is 10.1. The van der Waals surface area contributed by atoms with Gasteiger partial charge >= 0.3 is 0 Å². The smallest absolute Gasteiger partial charge is 0.293 e. The number of nitro benzene ring substituents is 1. The predicted molar refractivity (Wildman–Crippen MR) is 146 cm³/mol. The van der Waals surface area contributed by atoms with Crippen LogP contribution in [0.2, 0.25) is 0 Å². The number of nitro groups is 1. The van der Waals surface area contributed by atoms with E-state index in [1.807, 2.05) is 37.3 Å². The summed E-state index contributed by atoms with van der Waals surface area (Å²) in [7, 11) is 1.54. The molecule has 36 heavy (non-hydrogen) atoms. The van der Waals surface area contributed by atoms with Crippen molar-refractivity contribution in [3.63, 3.8) is 0 Å². The number of imide groups is 1. The Kier molecular flexibility index (Phi) is 7.94. The summed E-state index contributed by atoms with van der Waals surface area (Å²) >= 11 is 2.94. The van der Waals surface area contributed by atoms with Crippen molar-refractivity contribution < 1.29 is 24.0 Å². The van der Waals surface area contributed by atoms with Gasteiger partial charge in [0.05, 0.1) is 27.1 Å². The summed E-state index contributed by atoms with van der Waals surface area (Å²) in [5, 5.41) is 10.8. The van der Waals surface area contributed by atoms with Gasteiger partial charge < -0.3 is 9.47 Å². The number of carbonyl (C=O) groups is 2. The van der Waals surface area contributed by atoms with E-state index in [0.29, 0.717) is 23.7 Å². The molecule has 0 N–H and O–H groups in total. The highest BCUT2D eigenvalue weighted by atomic mass is 127. The normalized spacial score (nSPS) is 14.4. The Labute approximate surface area is 225 Å². The Morgan fingerprint density at radius 3 is 2.53 bits per heavy atom. The molecule has 4 rings (SSSR count). The van der Waals surface area contributed by atoms with Crippen LogP contribution >= 0.6 is 34.4 Å². The minimum absolute atomic E-state index is 0.138. The molecule has 3 aromatic rings. The fraction of sp³-hybridized carbons (Fsp3) is 0.154. The molecule has 0 spiro atoms. The second-order valence-electron chi connectivity index (χ2n) is 7.96. The molecule has 1 aliphatic rings. The van der Waals surface area contributed by atoms with E-state index in [4.69, 9.17) is 9.47 Å². The quantitative estimate of drug-likeness (QED) is 0.126. The van der Waals surface area contributed by atoms with Crippen molar-refractivity contribution in [2.45, 2.75) is 20.1 Å². The van der Waals surface area contributed by atoms with Crippen molar-refractivity contribution >= 4 is 57.3 Å². The molecule has 3 aromatic carbocycles. The number of thioether (sulfide) groups is 1. The summed E-state index contributed by atoms with van der Waals surface area (Å²) in [4.78, 5) is 37.6. The fourth-order valence-electron chi connectivity index (χ4n) is 3.58. The number of rotatable bonds is 8. The maximum atomic E-state index is 13.0. The lowest BCUT2D eigenvalue weighted by atomic mass is 10.1. The SMILES string of the molecule is COc1cc(/C=C2\SC(=O)N(Cc3ccccc3[N+](=O)[O-])C2=O)cc(I)c1OCc1ccc(C)cc1. The second kappa shape index (κ2) is 11.1. The zero-order chi connectivity index (χ0) is 25.8. The summed E-state index contributed by atoms with van der Waals surface area (Å²) in [5.41, 5.74) is 3.00. The highest BCUT2D eigenvalue weighted by Gasteiger charge is 2.36. The van der Waals surface area contributed by atoms with Gasteiger partial charge in [0.15, 0.2) is 11.5 Å². The molecule has 10 heteroatoms. The van der Waals surface area contributed by atoms with Gasteiger partial charge in [-0.05, 0) is 70.6 Å². The van der Waals surface area contributed by atoms with Gasteiger partial charge in [0.2, 0.25) is 0 Å². The molecule has 1 heterocycles. The number of amides is 2. The van der Waals surface area contributed by atoms with E-state index in [1.165, 1.54) is 24.8 Å². The van der Waals surface area contributed by atoms with Crippen LogP contribution in [0.3, 0.4) is 0 Å². The standard InChI is InChI=1S/C26H21IN2O6S/c1-16-7-9-17(10-8-16)15-35-24-20(27)11-18(12-22(24)34-2)13-23-25(30)28(26(31)36-23)14-19-5-3-4-6-21(19)29(32)33/h3-13H,14-15H2,1-2H3/b23-13-. The summed E-state index contributed by atoms with van der Waals surface area (Å²) in [5.74, 6) is 0.580. The highest BCUT2D eigenvalue weighted by molar-refractivity contribution is 14.1. The summed E-state index contributed by atoms with van der Waals surface area (Å²) in [6, 6.07) is 17.7. The van der Waals surface area contributed by atoms with Gasteiger partial charge in [-0.1, -0.05) is 48.0 Å². The van der Waals surface area contributed by atoms with E-state index >= 15 is 0 Å². The zero-order valence-electron chi connectivity index (χ0n) is 19.4. The molecule has 184 valence electrons. The topological polar surface area (TPSA) is 99.0 Å². The van der Waals surface area contributed by atoms with Crippen LogP contribution in [0.1, 0.15) is 22.3 Å². The van der Waals surface area contributed by atoms with E-state index < -0.39 is 16.1 Å². The van der Waals surface area contributed by atoms with Crippen LogP contribution in [0.5, 0.6) is 11.5 Å². The third-order valence-corrected chi connectivity index (χ3v) is 7.15. The number of carbonyl (C=O) groups excluding carboxylic acids is 2. The molecule has 1 saturated heterocycles. The summed E-state index contributed by atoms with van der Waals surface area (Å²) in [6.45, 7) is 2.22. The van der Waals surface area contributed by atoms with Crippen LogP contribution in [0.4, 0.5) is 10.5 Å². The van der Waals surface area contributed by atoms with Crippen molar-refractivity contribution in [1.29, 1.82) is 0 Å². The average Bonchev–Trinajstić information content (AvgIpc) is 3.11. The van der Waals surface area contributed by atoms with E-state index in [2.05, 4.69) is 22.6 Å². The first-order chi connectivity index (χ1) is 17.3. The van der Waals surface area contributed by atoms with Crippen LogP contribution < -0.4 is 9.47 Å². The number of benzene rings is 3. The fourth-order valence-corrected chi connectivity index (χ4v) is 5.20. The average molecular weight is 616 g/mol. The number of ether oxygens (including phenoxy) is 2.